The van der Waals surface area contributed by atoms with Crippen LogP contribution in [-0.4, -0.2) is 38.7 Å². The van der Waals surface area contributed by atoms with Crippen molar-refractivity contribution in [3.05, 3.63) is 41.5 Å². The van der Waals surface area contributed by atoms with Gasteiger partial charge < -0.3 is 14.8 Å². The van der Waals surface area contributed by atoms with Gasteiger partial charge in [-0.2, -0.15) is 0 Å². The molecule has 4 rings (SSSR count). The minimum atomic E-state index is 0.0811. The Balaban J connectivity index is 1.58. The summed E-state index contributed by atoms with van der Waals surface area (Å²) in [6, 6.07) is 5.97. The van der Waals surface area contributed by atoms with Crippen molar-refractivity contribution in [2.24, 2.45) is 0 Å². The number of aryl methyl sites for hydroxylation is 1. The molecule has 0 aliphatic carbocycles. The van der Waals surface area contributed by atoms with Gasteiger partial charge >= 0.3 is 0 Å². The zero-order valence-electron chi connectivity index (χ0n) is 11.7. The van der Waals surface area contributed by atoms with E-state index in [1.807, 2.05) is 27.7 Å². The van der Waals surface area contributed by atoms with E-state index in [1.165, 1.54) is 5.56 Å². The first-order chi connectivity index (χ1) is 10.3. The largest absolute Gasteiger partial charge is 0.385 e. The molecule has 0 fully saturated rings. The van der Waals surface area contributed by atoms with Crippen molar-refractivity contribution in [2.75, 3.05) is 18.4 Å². The predicted octanol–water partition coefficient (Wildman–Crippen LogP) is 1.29. The maximum Gasteiger partial charge on any atom is 0.254 e. The minimum Gasteiger partial charge on any atom is -0.385 e. The third kappa shape index (κ3) is 2.16. The number of rotatable bonds is 1. The summed E-state index contributed by atoms with van der Waals surface area (Å²) in [5, 5.41) is 11.3. The summed E-state index contributed by atoms with van der Waals surface area (Å²) in [4.78, 5) is 14.5. The molecule has 1 N–H and O–H groups in total. The Hall–Kier alpha value is -2.37. The molecule has 6 nitrogen and oxygen atoms in total. The predicted molar refractivity (Wildman–Crippen MR) is 78.0 cm³/mol. The summed E-state index contributed by atoms with van der Waals surface area (Å²) >= 11 is 0. The van der Waals surface area contributed by atoms with Crippen LogP contribution in [0.5, 0.6) is 0 Å². The van der Waals surface area contributed by atoms with Crippen LogP contribution < -0.4 is 5.32 Å². The van der Waals surface area contributed by atoms with Crippen LogP contribution in [0.25, 0.3) is 0 Å². The number of hydrogen-bond acceptors (Lipinski definition) is 4. The number of hydrogen-bond donors (Lipinski definition) is 1. The topological polar surface area (TPSA) is 63.1 Å². The van der Waals surface area contributed by atoms with Gasteiger partial charge in [0.15, 0.2) is 5.82 Å². The van der Waals surface area contributed by atoms with Crippen molar-refractivity contribution in [1.82, 2.24) is 19.7 Å². The van der Waals surface area contributed by atoms with E-state index >= 15 is 0 Å². The molecular formula is C15H17N5O. The Morgan fingerprint density at radius 1 is 1.29 bits per heavy atom. The second-order valence-corrected chi connectivity index (χ2v) is 5.57. The highest BCUT2D eigenvalue weighted by molar-refractivity contribution is 5.95. The summed E-state index contributed by atoms with van der Waals surface area (Å²) in [7, 11) is 0. The summed E-state index contributed by atoms with van der Waals surface area (Å²) < 4.78 is 2.00. The minimum absolute atomic E-state index is 0.0811. The van der Waals surface area contributed by atoms with Gasteiger partial charge in [-0.1, -0.05) is 0 Å². The summed E-state index contributed by atoms with van der Waals surface area (Å²) in [6.07, 6.45) is 3.89. The molecule has 6 heteroatoms. The van der Waals surface area contributed by atoms with Gasteiger partial charge in [0.25, 0.3) is 5.91 Å². The van der Waals surface area contributed by atoms with Gasteiger partial charge in [-0.3, -0.25) is 4.79 Å². The van der Waals surface area contributed by atoms with Gasteiger partial charge in [0.1, 0.15) is 6.33 Å². The lowest BCUT2D eigenvalue weighted by molar-refractivity contribution is 0.0707. The molecule has 108 valence electrons. The average molecular weight is 283 g/mol. The van der Waals surface area contributed by atoms with Gasteiger partial charge in [-0.15, -0.1) is 10.2 Å². The van der Waals surface area contributed by atoms with E-state index in [9.17, 15) is 4.79 Å². The smallest absolute Gasteiger partial charge is 0.254 e. The monoisotopic (exact) mass is 283 g/mol. The fourth-order valence-electron chi connectivity index (χ4n) is 3.03. The van der Waals surface area contributed by atoms with Gasteiger partial charge in [-0.05, 0) is 36.6 Å². The number of nitrogens with zero attached hydrogens (tertiary/aromatic N) is 4. The zero-order valence-corrected chi connectivity index (χ0v) is 11.7. The van der Waals surface area contributed by atoms with Crippen LogP contribution in [0.15, 0.2) is 24.5 Å². The molecule has 0 spiro atoms. The van der Waals surface area contributed by atoms with Crippen LogP contribution in [0.2, 0.25) is 0 Å². The highest BCUT2D eigenvalue weighted by Gasteiger charge is 2.23. The maximum absolute atomic E-state index is 12.7. The molecule has 0 saturated heterocycles. The maximum atomic E-state index is 12.7. The molecule has 1 aromatic heterocycles. The van der Waals surface area contributed by atoms with Crippen LogP contribution in [0.4, 0.5) is 5.69 Å². The number of amides is 1. The van der Waals surface area contributed by atoms with Crippen molar-refractivity contribution in [3.63, 3.8) is 0 Å². The lowest BCUT2D eigenvalue weighted by atomic mass is 10.0. The fraction of sp³-hybridized carbons (Fsp3) is 0.400. The standard InChI is InChI=1S/C15H17N5O/c21-15(19-6-7-20-10-17-18-14(20)9-19)12-3-4-13-11(8-12)2-1-5-16-13/h3-4,8,10,16H,1-2,5-7,9H2. The molecule has 0 unspecified atom stereocenters. The molecule has 3 heterocycles. The Morgan fingerprint density at radius 3 is 3.19 bits per heavy atom. The molecule has 21 heavy (non-hydrogen) atoms. The number of anilines is 1. The molecule has 1 amide bonds. The molecule has 0 radical (unpaired) electrons. The Bertz CT molecular complexity index is 693. The summed E-state index contributed by atoms with van der Waals surface area (Å²) in [5.41, 5.74) is 3.17. The van der Waals surface area contributed by atoms with E-state index in [1.54, 1.807) is 6.33 Å². The molecular weight excluding hydrogens is 266 g/mol. The second kappa shape index (κ2) is 4.87. The van der Waals surface area contributed by atoms with Crippen molar-refractivity contribution < 1.29 is 4.79 Å². The first kappa shape index (κ1) is 12.4. The van der Waals surface area contributed by atoms with E-state index in [2.05, 4.69) is 15.5 Å². The SMILES string of the molecule is O=C(c1ccc2c(c1)CCCN2)N1CCn2cnnc2C1. The van der Waals surface area contributed by atoms with Gasteiger partial charge in [-0.25, -0.2) is 0 Å². The van der Waals surface area contributed by atoms with E-state index in [0.717, 1.165) is 43.0 Å². The average Bonchev–Trinajstić information content (AvgIpc) is 3.01. The number of carbonyl (C=O) groups is 1. The number of benzene rings is 1. The first-order valence-electron chi connectivity index (χ1n) is 7.34. The molecule has 0 bridgehead atoms. The Kier molecular flexibility index (Phi) is 2.87. The van der Waals surface area contributed by atoms with Crippen LogP contribution in [-0.2, 0) is 19.5 Å². The number of aromatic nitrogens is 3. The van der Waals surface area contributed by atoms with Crippen LogP contribution in [0, 0.1) is 0 Å². The third-order valence-electron chi connectivity index (χ3n) is 4.22. The van der Waals surface area contributed by atoms with Gasteiger partial charge in [0.2, 0.25) is 0 Å². The highest BCUT2D eigenvalue weighted by Crippen LogP contribution is 2.24. The Morgan fingerprint density at radius 2 is 2.24 bits per heavy atom. The quantitative estimate of drug-likeness (QED) is 0.856. The zero-order chi connectivity index (χ0) is 14.2. The van der Waals surface area contributed by atoms with E-state index in [0.29, 0.717) is 13.1 Å². The van der Waals surface area contributed by atoms with Crippen molar-refractivity contribution in [3.8, 4) is 0 Å². The lowest BCUT2D eigenvalue weighted by Crippen LogP contribution is -2.38. The van der Waals surface area contributed by atoms with E-state index < -0.39 is 0 Å². The van der Waals surface area contributed by atoms with Gasteiger partial charge in [0, 0.05) is 30.9 Å². The van der Waals surface area contributed by atoms with Crippen molar-refractivity contribution in [2.45, 2.75) is 25.9 Å². The normalized spacial score (nSPS) is 16.9. The molecule has 1 aromatic carbocycles. The van der Waals surface area contributed by atoms with Crippen LogP contribution >= 0.6 is 0 Å². The lowest BCUT2D eigenvalue weighted by Gasteiger charge is -2.27. The van der Waals surface area contributed by atoms with Crippen molar-refractivity contribution >= 4 is 11.6 Å². The molecule has 2 aromatic rings. The van der Waals surface area contributed by atoms with E-state index in [-0.39, 0.29) is 5.91 Å². The third-order valence-corrected chi connectivity index (χ3v) is 4.22. The Labute approximate surface area is 122 Å². The molecule has 0 saturated carbocycles. The number of fused-ring (bicyclic) bond motifs is 2. The molecule has 0 atom stereocenters. The summed E-state index contributed by atoms with van der Waals surface area (Å²) in [5.74, 6) is 0.937. The highest BCUT2D eigenvalue weighted by atomic mass is 16.2. The number of nitrogens with one attached hydrogen (secondary N) is 1. The second-order valence-electron chi connectivity index (χ2n) is 5.57. The van der Waals surface area contributed by atoms with E-state index in [4.69, 9.17) is 0 Å². The first-order valence-corrected chi connectivity index (χ1v) is 7.34. The molecule has 2 aliphatic heterocycles. The number of carbonyl (C=O) groups excluding carboxylic acids is 1. The van der Waals surface area contributed by atoms with Crippen LogP contribution in [0.3, 0.4) is 0 Å². The van der Waals surface area contributed by atoms with Crippen molar-refractivity contribution in [1.29, 1.82) is 0 Å². The molecule has 2 aliphatic rings. The fourth-order valence-corrected chi connectivity index (χ4v) is 3.03. The summed E-state index contributed by atoms with van der Waals surface area (Å²) in [6.45, 7) is 3.02. The van der Waals surface area contributed by atoms with Crippen LogP contribution in [0.1, 0.15) is 28.2 Å². The van der Waals surface area contributed by atoms with Gasteiger partial charge in [0.05, 0.1) is 6.54 Å².